The second-order valence-corrected chi connectivity index (χ2v) is 10.3. The fourth-order valence-electron chi connectivity index (χ4n) is 5.77. The Bertz CT molecular complexity index is 1750. The Kier molecular flexibility index (Phi) is 6.55. The van der Waals surface area contributed by atoms with Crippen molar-refractivity contribution in [3.63, 3.8) is 0 Å². The van der Waals surface area contributed by atoms with Gasteiger partial charge in [0.1, 0.15) is 28.7 Å². The van der Waals surface area contributed by atoms with Crippen LogP contribution in [0.2, 0.25) is 0 Å². The topological polar surface area (TPSA) is 156 Å². The summed E-state index contributed by atoms with van der Waals surface area (Å²) < 4.78 is 41.0. The molecule has 1 aromatic carbocycles. The number of nitrogens with one attached hydrogen (secondary N) is 1. The number of rotatable bonds is 5. The molecule has 2 aliphatic rings. The van der Waals surface area contributed by atoms with E-state index in [0.717, 1.165) is 37.6 Å². The molecule has 14 heteroatoms. The zero-order chi connectivity index (χ0) is 29.8. The Morgan fingerprint density at radius 1 is 1.07 bits per heavy atom. The second kappa shape index (κ2) is 10.1. The zero-order valence-corrected chi connectivity index (χ0v) is 21.9. The lowest BCUT2D eigenvalue weighted by Gasteiger charge is -2.34. The molecule has 2 amide bonds. The van der Waals surface area contributed by atoms with Gasteiger partial charge in [-0.25, -0.2) is 19.7 Å². The lowest BCUT2D eigenvalue weighted by Crippen LogP contribution is -2.41. The van der Waals surface area contributed by atoms with Crippen molar-refractivity contribution in [2.24, 2.45) is 0 Å². The minimum atomic E-state index is -4.63. The van der Waals surface area contributed by atoms with Crippen LogP contribution in [0.3, 0.4) is 0 Å². The van der Waals surface area contributed by atoms with Gasteiger partial charge in [0.15, 0.2) is 0 Å². The maximum absolute atomic E-state index is 13.1. The molecule has 2 aliphatic heterocycles. The molecule has 4 N–H and O–H groups in total. The number of carboxylic acid groups (broad SMARTS) is 1. The highest BCUT2D eigenvalue weighted by atomic mass is 19.4. The molecule has 42 heavy (non-hydrogen) atoms. The van der Waals surface area contributed by atoms with Gasteiger partial charge in [-0.3, -0.25) is 14.0 Å². The van der Waals surface area contributed by atoms with Crippen molar-refractivity contribution in [3.05, 3.63) is 71.4 Å². The van der Waals surface area contributed by atoms with Gasteiger partial charge < -0.3 is 21.1 Å². The lowest BCUT2D eigenvalue weighted by atomic mass is 9.92. The van der Waals surface area contributed by atoms with Crippen molar-refractivity contribution < 1.29 is 32.7 Å². The molecule has 0 aliphatic carbocycles. The van der Waals surface area contributed by atoms with Crippen LogP contribution >= 0.6 is 0 Å². The number of pyridine rings is 1. The summed E-state index contributed by atoms with van der Waals surface area (Å²) in [4.78, 5) is 52.3. The summed E-state index contributed by atoms with van der Waals surface area (Å²) in [6.45, 7) is 0.485. The Labute approximate surface area is 236 Å². The van der Waals surface area contributed by atoms with E-state index in [1.165, 1.54) is 18.3 Å². The van der Waals surface area contributed by atoms with Gasteiger partial charge in [-0.2, -0.15) is 13.2 Å². The molecule has 2 fully saturated rings. The number of hydrogen-bond donors (Lipinski definition) is 3. The highest BCUT2D eigenvalue weighted by molar-refractivity contribution is 6.07. The number of carbonyl (C=O) groups is 3. The van der Waals surface area contributed by atoms with Crippen molar-refractivity contribution >= 4 is 34.9 Å². The number of carboxylic acids is 1. The van der Waals surface area contributed by atoms with Crippen LogP contribution in [0.15, 0.2) is 48.9 Å². The van der Waals surface area contributed by atoms with Crippen LogP contribution in [-0.4, -0.2) is 59.7 Å². The number of alkyl halides is 3. The molecule has 2 saturated heterocycles. The summed E-state index contributed by atoms with van der Waals surface area (Å²) in [6, 6.07) is 5.53. The van der Waals surface area contributed by atoms with Crippen LogP contribution < -0.4 is 11.1 Å². The smallest absolute Gasteiger partial charge is 0.416 e. The van der Waals surface area contributed by atoms with Crippen LogP contribution in [0.4, 0.5) is 24.8 Å². The third-order valence-electron chi connectivity index (χ3n) is 7.79. The SMILES string of the molecule is Nc1nccn2c([C@@H]3CC[C@H]4CCC(=O)N4C3)nc(-c3ccc(C(=O)Nc4cc(C(F)(F)F)ccn4)cc3C(=O)O)c12. The first kappa shape index (κ1) is 27.2. The number of carbonyl (C=O) groups excluding carboxylic acids is 2. The molecule has 5 heterocycles. The quantitative estimate of drug-likeness (QED) is 0.318. The molecule has 0 bridgehead atoms. The van der Waals surface area contributed by atoms with Gasteiger partial charge in [0, 0.05) is 54.6 Å². The van der Waals surface area contributed by atoms with E-state index in [-0.39, 0.29) is 51.9 Å². The Hall–Kier alpha value is -5.01. The fourth-order valence-corrected chi connectivity index (χ4v) is 5.77. The van der Waals surface area contributed by atoms with E-state index in [1.807, 2.05) is 4.90 Å². The minimum Gasteiger partial charge on any atom is -0.478 e. The summed E-state index contributed by atoms with van der Waals surface area (Å²) in [5.74, 6) is -1.83. The standard InChI is InChI=1S/C28H24F3N7O4/c29-28(30,31)16-7-8-33-20(12-16)35-26(40)14-2-5-18(19(11-14)27(41)42)22-23-24(32)34-9-10-37(23)25(36-22)15-1-3-17-4-6-21(39)38(17)13-15/h2,5,7-12,15,17H,1,3-4,6,13H2,(H2,32,34)(H,41,42)(H,33,35,40)/t15-,17+/m1/s1. The number of nitrogen functional groups attached to an aromatic ring is 1. The molecular formula is C28H24F3N7O4. The molecule has 0 unspecified atom stereocenters. The number of aromatic carboxylic acids is 1. The number of aromatic nitrogens is 4. The summed E-state index contributed by atoms with van der Waals surface area (Å²) in [6.07, 6.45) is 2.44. The third kappa shape index (κ3) is 4.78. The average molecular weight is 580 g/mol. The summed E-state index contributed by atoms with van der Waals surface area (Å²) in [7, 11) is 0. The van der Waals surface area contributed by atoms with Gasteiger partial charge in [0.2, 0.25) is 5.91 Å². The van der Waals surface area contributed by atoms with Crippen molar-refractivity contribution in [2.75, 3.05) is 17.6 Å². The number of benzene rings is 1. The van der Waals surface area contributed by atoms with Crippen molar-refractivity contribution in [1.82, 2.24) is 24.3 Å². The predicted octanol–water partition coefficient (Wildman–Crippen LogP) is 4.21. The maximum atomic E-state index is 13.1. The third-order valence-corrected chi connectivity index (χ3v) is 7.79. The number of nitrogens with zero attached hydrogens (tertiary/aromatic N) is 5. The molecule has 0 spiro atoms. The molecule has 3 aromatic heterocycles. The van der Waals surface area contributed by atoms with Gasteiger partial charge >= 0.3 is 12.1 Å². The highest BCUT2D eigenvalue weighted by Crippen LogP contribution is 2.39. The van der Waals surface area contributed by atoms with E-state index in [4.69, 9.17) is 10.7 Å². The number of anilines is 2. The summed E-state index contributed by atoms with van der Waals surface area (Å²) in [5.41, 5.74) is 5.66. The molecular weight excluding hydrogens is 555 g/mol. The number of hydrogen-bond acceptors (Lipinski definition) is 7. The first-order valence-electron chi connectivity index (χ1n) is 13.2. The van der Waals surface area contributed by atoms with Crippen LogP contribution in [0, 0.1) is 0 Å². The lowest BCUT2D eigenvalue weighted by molar-refractivity contribution is -0.137. The van der Waals surface area contributed by atoms with Crippen LogP contribution in [0.1, 0.15) is 63.7 Å². The molecule has 6 rings (SSSR count). The van der Waals surface area contributed by atoms with E-state index in [0.29, 0.717) is 30.4 Å². The van der Waals surface area contributed by atoms with Crippen LogP contribution in [0.25, 0.3) is 16.8 Å². The molecule has 0 radical (unpaired) electrons. The number of nitrogens with two attached hydrogens (primary N) is 1. The van der Waals surface area contributed by atoms with Gasteiger partial charge in [0.05, 0.1) is 11.1 Å². The molecule has 216 valence electrons. The van der Waals surface area contributed by atoms with Gasteiger partial charge in [-0.05, 0) is 43.5 Å². The Morgan fingerprint density at radius 3 is 2.64 bits per heavy atom. The molecule has 11 nitrogen and oxygen atoms in total. The van der Waals surface area contributed by atoms with Crippen molar-refractivity contribution in [1.29, 1.82) is 0 Å². The molecule has 0 saturated carbocycles. The Balaban J connectivity index is 1.37. The van der Waals surface area contributed by atoms with Crippen LogP contribution in [-0.2, 0) is 11.0 Å². The molecule has 2 atom stereocenters. The number of fused-ring (bicyclic) bond motifs is 2. The highest BCUT2D eigenvalue weighted by Gasteiger charge is 2.38. The van der Waals surface area contributed by atoms with E-state index in [2.05, 4.69) is 15.3 Å². The largest absolute Gasteiger partial charge is 0.478 e. The van der Waals surface area contributed by atoms with Crippen molar-refractivity contribution in [2.45, 2.75) is 43.8 Å². The van der Waals surface area contributed by atoms with Gasteiger partial charge in [0.25, 0.3) is 5.91 Å². The summed E-state index contributed by atoms with van der Waals surface area (Å²) in [5, 5.41) is 12.4. The monoisotopic (exact) mass is 579 g/mol. The normalized spacial score (nSPS) is 18.7. The number of piperidine rings is 1. The van der Waals surface area contributed by atoms with Gasteiger partial charge in [-0.15, -0.1) is 0 Å². The predicted molar refractivity (Wildman–Crippen MR) is 144 cm³/mol. The minimum absolute atomic E-state index is 0.106. The van der Waals surface area contributed by atoms with E-state index < -0.39 is 23.6 Å². The first-order valence-corrected chi connectivity index (χ1v) is 13.2. The van der Waals surface area contributed by atoms with E-state index in [9.17, 15) is 32.7 Å². The average Bonchev–Trinajstić information content (AvgIpc) is 3.53. The summed E-state index contributed by atoms with van der Waals surface area (Å²) >= 11 is 0. The van der Waals surface area contributed by atoms with Gasteiger partial charge in [-0.1, -0.05) is 6.07 Å². The fraction of sp³-hybridized carbons (Fsp3) is 0.286. The van der Waals surface area contributed by atoms with Crippen molar-refractivity contribution in [3.8, 4) is 11.3 Å². The van der Waals surface area contributed by atoms with E-state index in [1.54, 1.807) is 10.6 Å². The number of imidazole rings is 1. The maximum Gasteiger partial charge on any atom is 0.416 e. The zero-order valence-electron chi connectivity index (χ0n) is 21.9. The first-order chi connectivity index (χ1) is 20.0. The molecule has 4 aromatic rings. The number of halogens is 3. The second-order valence-electron chi connectivity index (χ2n) is 10.3. The van der Waals surface area contributed by atoms with E-state index >= 15 is 0 Å². The Morgan fingerprint density at radius 2 is 1.88 bits per heavy atom. The van der Waals surface area contributed by atoms with Crippen LogP contribution in [0.5, 0.6) is 0 Å². The number of amides is 2.